The predicted octanol–water partition coefficient (Wildman–Crippen LogP) is 1.78. The van der Waals surface area contributed by atoms with Crippen molar-refractivity contribution >= 4 is 21.6 Å². The molecule has 2 aromatic carbocycles. The summed E-state index contributed by atoms with van der Waals surface area (Å²) in [5, 5.41) is 2.91. The van der Waals surface area contributed by atoms with Gasteiger partial charge in [-0.05, 0) is 43.3 Å². The topological polar surface area (TPSA) is 78.5 Å². The number of rotatable bonds is 9. The molecule has 0 bridgehead atoms. The van der Waals surface area contributed by atoms with Gasteiger partial charge in [0.05, 0.1) is 4.90 Å². The second-order valence-electron chi connectivity index (χ2n) is 5.96. The quantitative estimate of drug-likeness (QED) is 0.700. The van der Waals surface area contributed by atoms with Gasteiger partial charge < -0.3 is 10.2 Å². The minimum atomic E-state index is -3.42. The first-order chi connectivity index (χ1) is 12.4. The lowest BCUT2D eigenvalue weighted by atomic mass is 10.1. The number of benzene rings is 2. The van der Waals surface area contributed by atoms with E-state index >= 15 is 0 Å². The van der Waals surface area contributed by atoms with Crippen LogP contribution in [0.1, 0.15) is 12.0 Å². The number of aryl methyl sites for hydroxylation is 1. The van der Waals surface area contributed by atoms with Gasteiger partial charge in [0.15, 0.2) is 0 Å². The van der Waals surface area contributed by atoms with Crippen molar-refractivity contribution in [2.24, 2.45) is 0 Å². The molecule has 2 rings (SSSR count). The van der Waals surface area contributed by atoms with Crippen molar-refractivity contribution in [1.82, 2.24) is 10.0 Å². The first-order valence-corrected chi connectivity index (χ1v) is 9.96. The van der Waals surface area contributed by atoms with Gasteiger partial charge in [-0.15, -0.1) is 0 Å². The lowest BCUT2D eigenvalue weighted by Crippen LogP contribution is -2.33. The van der Waals surface area contributed by atoms with Crippen LogP contribution in [0.3, 0.4) is 0 Å². The van der Waals surface area contributed by atoms with Crippen LogP contribution in [-0.2, 0) is 21.2 Å². The molecule has 0 aromatic heterocycles. The van der Waals surface area contributed by atoms with Gasteiger partial charge in [0.2, 0.25) is 15.9 Å². The third-order valence-corrected chi connectivity index (χ3v) is 5.54. The Bertz CT molecular complexity index is 806. The molecular formula is C19H25N3O3S. The van der Waals surface area contributed by atoms with Crippen LogP contribution in [0.5, 0.6) is 0 Å². The highest BCUT2D eigenvalue weighted by Crippen LogP contribution is 2.12. The van der Waals surface area contributed by atoms with E-state index < -0.39 is 10.0 Å². The van der Waals surface area contributed by atoms with Crippen LogP contribution in [0.2, 0.25) is 0 Å². The van der Waals surface area contributed by atoms with Crippen molar-refractivity contribution in [3.05, 3.63) is 60.2 Å². The fourth-order valence-corrected chi connectivity index (χ4v) is 3.20. The van der Waals surface area contributed by atoms with Crippen LogP contribution in [0, 0.1) is 0 Å². The molecule has 1 amide bonds. The highest BCUT2D eigenvalue weighted by molar-refractivity contribution is 7.89. The number of anilines is 1. The standard InChI is InChI=1S/C19H25N3O3S/c1-20-26(24,25)18-11-8-16(9-12-18)10-13-19(23)21-14-15-22(2)17-6-4-3-5-7-17/h3-9,11-12,20H,10,13-15H2,1-2H3,(H,21,23). The molecule has 2 aromatic rings. The van der Waals surface area contributed by atoms with Crippen molar-refractivity contribution in [2.45, 2.75) is 17.7 Å². The molecule has 140 valence electrons. The Morgan fingerprint density at radius 2 is 1.69 bits per heavy atom. The number of carbonyl (C=O) groups excluding carboxylic acids is 1. The number of amides is 1. The maximum Gasteiger partial charge on any atom is 0.240 e. The number of carbonyl (C=O) groups is 1. The molecule has 0 atom stereocenters. The summed E-state index contributed by atoms with van der Waals surface area (Å²) in [6.07, 6.45) is 0.938. The van der Waals surface area contributed by atoms with Gasteiger partial charge in [0.1, 0.15) is 0 Å². The molecule has 0 heterocycles. The number of nitrogens with one attached hydrogen (secondary N) is 2. The molecule has 0 unspecified atom stereocenters. The van der Waals surface area contributed by atoms with Crippen LogP contribution >= 0.6 is 0 Å². The summed E-state index contributed by atoms with van der Waals surface area (Å²) in [4.78, 5) is 14.3. The number of sulfonamides is 1. The summed E-state index contributed by atoms with van der Waals surface area (Å²) in [7, 11) is -0.0572. The first-order valence-electron chi connectivity index (χ1n) is 8.48. The lowest BCUT2D eigenvalue weighted by molar-refractivity contribution is -0.120. The van der Waals surface area contributed by atoms with Gasteiger partial charge in [-0.25, -0.2) is 13.1 Å². The van der Waals surface area contributed by atoms with Crippen molar-refractivity contribution in [1.29, 1.82) is 0 Å². The number of para-hydroxylation sites is 1. The zero-order valence-corrected chi connectivity index (χ0v) is 15.9. The smallest absolute Gasteiger partial charge is 0.240 e. The van der Waals surface area contributed by atoms with Gasteiger partial charge in [-0.3, -0.25) is 4.79 Å². The van der Waals surface area contributed by atoms with E-state index in [0.717, 1.165) is 17.8 Å². The molecule has 0 spiro atoms. The maximum atomic E-state index is 12.0. The van der Waals surface area contributed by atoms with Crippen LogP contribution in [0.25, 0.3) is 0 Å². The van der Waals surface area contributed by atoms with Crippen molar-refractivity contribution in [2.75, 3.05) is 32.1 Å². The molecular weight excluding hydrogens is 350 g/mol. The molecule has 2 N–H and O–H groups in total. The Morgan fingerprint density at radius 3 is 2.31 bits per heavy atom. The third kappa shape index (κ3) is 5.86. The summed E-state index contributed by atoms with van der Waals surface area (Å²) in [5.41, 5.74) is 2.04. The minimum absolute atomic E-state index is 0.0154. The second kappa shape index (κ2) is 9.35. The average molecular weight is 375 g/mol. The third-order valence-electron chi connectivity index (χ3n) is 4.11. The molecule has 0 aliphatic heterocycles. The van der Waals surface area contributed by atoms with Crippen molar-refractivity contribution in [3.8, 4) is 0 Å². The largest absolute Gasteiger partial charge is 0.373 e. The Hall–Kier alpha value is -2.38. The first kappa shape index (κ1) is 19.9. The number of hydrogen-bond acceptors (Lipinski definition) is 4. The molecule has 0 saturated carbocycles. The molecule has 26 heavy (non-hydrogen) atoms. The molecule has 7 heteroatoms. The van der Waals surface area contributed by atoms with Crippen LogP contribution in [0.15, 0.2) is 59.5 Å². The monoisotopic (exact) mass is 375 g/mol. The molecule has 0 aliphatic carbocycles. The summed E-state index contributed by atoms with van der Waals surface area (Å²) >= 11 is 0. The van der Waals surface area contributed by atoms with E-state index in [1.165, 1.54) is 7.05 Å². The fourth-order valence-electron chi connectivity index (χ4n) is 2.47. The fraction of sp³-hybridized carbons (Fsp3) is 0.316. The summed E-state index contributed by atoms with van der Waals surface area (Å²) < 4.78 is 25.6. The SMILES string of the molecule is CNS(=O)(=O)c1ccc(CCC(=O)NCCN(C)c2ccccc2)cc1. The molecule has 6 nitrogen and oxygen atoms in total. The van der Waals surface area contributed by atoms with E-state index in [2.05, 4.69) is 14.9 Å². The second-order valence-corrected chi connectivity index (χ2v) is 7.85. The Morgan fingerprint density at radius 1 is 1.04 bits per heavy atom. The minimum Gasteiger partial charge on any atom is -0.373 e. The molecule has 0 fully saturated rings. The van der Waals surface area contributed by atoms with E-state index in [-0.39, 0.29) is 10.8 Å². The Balaban J connectivity index is 1.73. The number of likely N-dealkylation sites (N-methyl/N-ethyl adjacent to an activating group) is 1. The van der Waals surface area contributed by atoms with E-state index in [0.29, 0.717) is 19.4 Å². The normalized spacial score (nSPS) is 11.2. The Kier molecular flexibility index (Phi) is 7.17. The van der Waals surface area contributed by atoms with E-state index in [4.69, 9.17) is 0 Å². The van der Waals surface area contributed by atoms with Crippen LogP contribution in [-0.4, -0.2) is 41.5 Å². The van der Waals surface area contributed by atoms with Gasteiger partial charge in [-0.1, -0.05) is 30.3 Å². The van der Waals surface area contributed by atoms with E-state index in [1.54, 1.807) is 24.3 Å². The number of hydrogen-bond donors (Lipinski definition) is 2. The van der Waals surface area contributed by atoms with Gasteiger partial charge in [-0.2, -0.15) is 0 Å². The van der Waals surface area contributed by atoms with Crippen molar-refractivity contribution in [3.63, 3.8) is 0 Å². The summed E-state index contributed by atoms with van der Waals surface area (Å²) in [5.74, 6) is -0.0154. The zero-order chi connectivity index (χ0) is 19.0. The molecule has 0 aliphatic rings. The van der Waals surface area contributed by atoms with Gasteiger partial charge in [0, 0.05) is 32.2 Å². The van der Waals surface area contributed by atoms with E-state index in [1.807, 2.05) is 37.4 Å². The van der Waals surface area contributed by atoms with Gasteiger partial charge >= 0.3 is 0 Å². The Labute approximate surface area is 155 Å². The van der Waals surface area contributed by atoms with E-state index in [9.17, 15) is 13.2 Å². The highest BCUT2D eigenvalue weighted by atomic mass is 32.2. The summed E-state index contributed by atoms with van der Waals surface area (Å²) in [6.45, 7) is 1.30. The zero-order valence-electron chi connectivity index (χ0n) is 15.1. The highest BCUT2D eigenvalue weighted by Gasteiger charge is 2.10. The van der Waals surface area contributed by atoms with Crippen molar-refractivity contribution < 1.29 is 13.2 Å². The maximum absolute atomic E-state index is 12.0. The predicted molar refractivity (Wildman–Crippen MR) is 104 cm³/mol. The summed E-state index contributed by atoms with van der Waals surface area (Å²) in [6, 6.07) is 16.6. The molecule has 0 radical (unpaired) electrons. The lowest BCUT2D eigenvalue weighted by Gasteiger charge is -2.19. The van der Waals surface area contributed by atoms with Gasteiger partial charge in [0.25, 0.3) is 0 Å². The van der Waals surface area contributed by atoms with Crippen LogP contribution < -0.4 is 14.9 Å². The number of nitrogens with zero attached hydrogens (tertiary/aromatic N) is 1. The average Bonchev–Trinajstić information content (AvgIpc) is 2.67. The van der Waals surface area contributed by atoms with Crippen LogP contribution in [0.4, 0.5) is 5.69 Å². The molecule has 0 saturated heterocycles.